The van der Waals surface area contributed by atoms with Gasteiger partial charge in [0, 0.05) is 14.2 Å². The van der Waals surface area contributed by atoms with Crippen LogP contribution in [0, 0.1) is 0 Å². The van der Waals surface area contributed by atoms with Crippen LogP contribution >= 0.6 is 0 Å². The maximum Gasteiger partial charge on any atom is 0.115 e. The molecule has 2 unspecified atom stereocenters. The van der Waals surface area contributed by atoms with Crippen molar-refractivity contribution in [2.75, 3.05) is 27.4 Å². The van der Waals surface area contributed by atoms with E-state index in [0.717, 1.165) is 0 Å². The molecule has 2 rings (SSSR count). The van der Waals surface area contributed by atoms with Crippen molar-refractivity contribution >= 4 is 0 Å². The summed E-state index contributed by atoms with van der Waals surface area (Å²) in [6, 6.07) is 0. The fourth-order valence-electron chi connectivity index (χ4n) is 3.06. The van der Waals surface area contributed by atoms with Crippen molar-refractivity contribution < 1.29 is 49.6 Å². The third-order valence-electron chi connectivity index (χ3n) is 4.74. The first-order chi connectivity index (χ1) is 12.2. The van der Waals surface area contributed by atoms with E-state index in [9.17, 15) is 20.4 Å². The Labute approximate surface area is 152 Å². The van der Waals surface area contributed by atoms with Gasteiger partial charge >= 0.3 is 0 Å². The average molecular weight is 384 g/mol. The molecule has 6 N–H and O–H groups in total. The maximum absolute atomic E-state index is 9.53. The minimum Gasteiger partial charge on any atom is -0.394 e. The lowest BCUT2D eigenvalue weighted by molar-refractivity contribution is -0.0945. The Kier molecular flexibility index (Phi) is 9.83. The molecule has 0 aromatic heterocycles. The van der Waals surface area contributed by atoms with Gasteiger partial charge in [-0.25, -0.2) is 0 Å². The minimum absolute atomic E-state index is 0.238. The SMILES string of the molecule is COC1[C@H]([C@H](O)CO)O[C@H](C)[C@H]1O.CO[C@H](CO)[C@@H]1O[C@H](C)[C@@H](O)C1O. The molecule has 156 valence electrons. The second kappa shape index (κ2) is 10.8. The standard InChI is InChI=1S/2C8H16O5/c1-4-6(10)7(11)8(13-4)5(3-9)12-2;1-4-6(11)8(12-2)7(13-4)5(10)3-9/h2*4-11H,3H2,1-2H3/t4-,5-,6-,7?,8+;4-,5-,6-,7+,8?/m11/s1. The van der Waals surface area contributed by atoms with Gasteiger partial charge in [-0.2, -0.15) is 0 Å². The lowest BCUT2D eigenvalue weighted by atomic mass is 10.0. The Bertz CT molecular complexity index is 391. The fraction of sp³-hybridized carbons (Fsp3) is 1.00. The highest BCUT2D eigenvalue weighted by atomic mass is 16.6. The van der Waals surface area contributed by atoms with Crippen molar-refractivity contribution in [3.8, 4) is 0 Å². The molecule has 0 aliphatic carbocycles. The lowest BCUT2D eigenvalue weighted by Gasteiger charge is -2.22. The number of ether oxygens (including phenoxy) is 4. The van der Waals surface area contributed by atoms with Gasteiger partial charge in [0.2, 0.25) is 0 Å². The lowest BCUT2D eigenvalue weighted by Crippen LogP contribution is -2.41. The largest absolute Gasteiger partial charge is 0.394 e. The van der Waals surface area contributed by atoms with E-state index in [1.165, 1.54) is 14.2 Å². The van der Waals surface area contributed by atoms with Crippen LogP contribution in [0.2, 0.25) is 0 Å². The zero-order valence-corrected chi connectivity index (χ0v) is 15.5. The van der Waals surface area contributed by atoms with Gasteiger partial charge in [0.25, 0.3) is 0 Å². The maximum atomic E-state index is 9.53. The van der Waals surface area contributed by atoms with E-state index in [1.807, 2.05) is 0 Å². The number of methoxy groups -OCH3 is 2. The minimum atomic E-state index is -1.01. The molecule has 2 aliphatic heterocycles. The normalized spacial score (nSPS) is 42.2. The predicted octanol–water partition coefficient (Wildman–Crippen LogP) is -2.99. The van der Waals surface area contributed by atoms with Crippen molar-refractivity contribution in [3.05, 3.63) is 0 Å². The average Bonchev–Trinajstić information content (AvgIpc) is 3.07. The first-order valence-corrected chi connectivity index (χ1v) is 8.53. The third-order valence-corrected chi connectivity index (χ3v) is 4.74. The van der Waals surface area contributed by atoms with E-state index in [1.54, 1.807) is 13.8 Å². The fourth-order valence-corrected chi connectivity index (χ4v) is 3.06. The second-order valence-electron chi connectivity index (χ2n) is 6.49. The zero-order chi connectivity index (χ0) is 20.0. The molecule has 0 bridgehead atoms. The molecule has 26 heavy (non-hydrogen) atoms. The van der Waals surface area contributed by atoms with E-state index in [2.05, 4.69) is 0 Å². The summed E-state index contributed by atoms with van der Waals surface area (Å²) in [5.74, 6) is 0. The molecule has 0 aromatic rings. The van der Waals surface area contributed by atoms with E-state index in [-0.39, 0.29) is 12.7 Å². The topological polar surface area (TPSA) is 158 Å². The molecule has 2 heterocycles. The van der Waals surface area contributed by atoms with Gasteiger partial charge in [-0.05, 0) is 13.8 Å². The molecule has 10 atom stereocenters. The number of aliphatic hydroxyl groups excluding tert-OH is 6. The first-order valence-electron chi connectivity index (χ1n) is 8.53. The molecule has 2 fully saturated rings. The van der Waals surface area contributed by atoms with E-state index in [4.69, 9.17) is 29.2 Å². The van der Waals surface area contributed by atoms with Gasteiger partial charge < -0.3 is 49.6 Å². The van der Waals surface area contributed by atoms with Crippen LogP contribution in [0.25, 0.3) is 0 Å². The Morgan fingerprint density at radius 2 is 1.38 bits per heavy atom. The summed E-state index contributed by atoms with van der Waals surface area (Å²) < 4.78 is 20.4. The monoisotopic (exact) mass is 384 g/mol. The van der Waals surface area contributed by atoms with Crippen LogP contribution in [0.3, 0.4) is 0 Å². The zero-order valence-electron chi connectivity index (χ0n) is 15.5. The quantitative estimate of drug-likeness (QED) is 0.279. The summed E-state index contributed by atoms with van der Waals surface area (Å²) in [5.41, 5.74) is 0. The van der Waals surface area contributed by atoms with Crippen LogP contribution in [-0.4, -0.2) is 119 Å². The molecule has 10 nitrogen and oxygen atoms in total. The summed E-state index contributed by atoms with van der Waals surface area (Å²) in [6.45, 7) is 2.72. The molecule has 2 saturated heterocycles. The van der Waals surface area contributed by atoms with Crippen molar-refractivity contribution in [2.24, 2.45) is 0 Å². The van der Waals surface area contributed by atoms with Gasteiger partial charge in [0.05, 0.1) is 25.4 Å². The summed E-state index contributed by atoms with van der Waals surface area (Å²) in [4.78, 5) is 0. The number of hydrogen-bond donors (Lipinski definition) is 6. The summed E-state index contributed by atoms with van der Waals surface area (Å²) in [7, 11) is 2.86. The van der Waals surface area contributed by atoms with Gasteiger partial charge in [-0.1, -0.05) is 0 Å². The third kappa shape index (κ3) is 5.32. The molecule has 0 saturated carbocycles. The molecular formula is C16H32O10. The number of rotatable bonds is 6. The smallest absolute Gasteiger partial charge is 0.115 e. The molecule has 10 heteroatoms. The Balaban J connectivity index is 0.000000260. The molecule has 2 aliphatic rings. The van der Waals surface area contributed by atoms with Crippen LogP contribution in [-0.2, 0) is 18.9 Å². The molecule has 0 radical (unpaired) electrons. The molecular weight excluding hydrogens is 352 g/mol. The predicted molar refractivity (Wildman–Crippen MR) is 88.5 cm³/mol. The van der Waals surface area contributed by atoms with Crippen molar-refractivity contribution in [1.29, 1.82) is 0 Å². The Morgan fingerprint density at radius 3 is 1.77 bits per heavy atom. The van der Waals surface area contributed by atoms with E-state index >= 15 is 0 Å². The number of hydrogen-bond acceptors (Lipinski definition) is 10. The molecule has 0 amide bonds. The molecule has 0 spiro atoms. The van der Waals surface area contributed by atoms with Gasteiger partial charge in [0.1, 0.15) is 48.8 Å². The van der Waals surface area contributed by atoms with Crippen LogP contribution < -0.4 is 0 Å². The Morgan fingerprint density at radius 1 is 0.846 bits per heavy atom. The highest BCUT2D eigenvalue weighted by Gasteiger charge is 2.45. The Hall–Kier alpha value is -0.400. The van der Waals surface area contributed by atoms with E-state index in [0.29, 0.717) is 0 Å². The summed E-state index contributed by atoms with van der Waals surface area (Å²) >= 11 is 0. The van der Waals surface area contributed by atoms with Crippen LogP contribution in [0.4, 0.5) is 0 Å². The van der Waals surface area contributed by atoms with Crippen molar-refractivity contribution in [2.45, 2.75) is 74.9 Å². The highest BCUT2D eigenvalue weighted by molar-refractivity contribution is 4.93. The van der Waals surface area contributed by atoms with Crippen molar-refractivity contribution in [3.63, 3.8) is 0 Å². The molecule has 0 aromatic carbocycles. The van der Waals surface area contributed by atoms with E-state index < -0.39 is 61.5 Å². The highest BCUT2D eigenvalue weighted by Crippen LogP contribution is 2.25. The van der Waals surface area contributed by atoms with Gasteiger partial charge in [0.15, 0.2) is 0 Å². The van der Waals surface area contributed by atoms with Crippen LogP contribution in [0.5, 0.6) is 0 Å². The van der Waals surface area contributed by atoms with Crippen LogP contribution in [0.1, 0.15) is 13.8 Å². The summed E-state index contributed by atoms with van der Waals surface area (Å²) in [6.07, 6.45) is -6.94. The van der Waals surface area contributed by atoms with Gasteiger partial charge in [-0.3, -0.25) is 0 Å². The van der Waals surface area contributed by atoms with Crippen LogP contribution in [0.15, 0.2) is 0 Å². The van der Waals surface area contributed by atoms with Crippen molar-refractivity contribution in [1.82, 2.24) is 0 Å². The second-order valence-corrected chi connectivity index (χ2v) is 6.49. The first kappa shape index (κ1) is 23.6. The number of aliphatic hydroxyl groups is 6. The van der Waals surface area contributed by atoms with Gasteiger partial charge in [-0.15, -0.1) is 0 Å². The summed E-state index contributed by atoms with van der Waals surface area (Å²) in [5, 5.41) is 55.3.